The van der Waals surface area contributed by atoms with Crippen molar-refractivity contribution in [3.63, 3.8) is 0 Å². The predicted octanol–water partition coefficient (Wildman–Crippen LogP) is 5.06. The lowest BCUT2D eigenvalue weighted by Crippen LogP contribution is -2.24. The molecule has 0 aliphatic rings. The summed E-state index contributed by atoms with van der Waals surface area (Å²) < 4.78 is 16.9. The zero-order valence-corrected chi connectivity index (χ0v) is 19.3. The third kappa shape index (κ3) is 7.38. The van der Waals surface area contributed by atoms with Crippen LogP contribution in [0.15, 0.2) is 71.8 Å². The molecule has 6 heteroatoms. The molecule has 0 spiro atoms. The normalized spacial score (nSPS) is 10.8. The lowest BCUT2D eigenvalue weighted by Gasteiger charge is -2.12. The van der Waals surface area contributed by atoms with Gasteiger partial charge in [0.2, 0.25) is 0 Å². The van der Waals surface area contributed by atoms with E-state index in [1.54, 1.807) is 19.4 Å². The van der Waals surface area contributed by atoms with Gasteiger partial charge in [0.25, 0.3) is 5.91 Å². The van der Waals surface area contributed by atoms with E-state index in [9.17, 15) is 4.79 Å². The molecule has 33 heavy (non-hydrogen) atoms. The van der Waals surface area contributed by atoms with Crippen molar-refractivity contribution in [3.8, 4) is 17.2 Å². The molecule has 0 atom stereocenters. The minimum absolute atomic E-state index is 0.112. The molecular weight excluding hydrogens is 416 g/mol. The van der Waals surface area contributed by atoms with Gasteiger partial charge < -0.3 is 14.2 Å². The number of hydrogen-bond acceptors (Lipinski definition) is 5. The highest BCUT2D eigenvalue weighted by Crippen LogP contribution is 2.28. The highest BCUT2D eigenvalue weighted by Gasteiger charge is 2.07. The van der Waals surface area contributed by atoms with Gasteiger partial charge in [0.15, 0.2) is 18.1 Å². The van der Waals surface area contributed by atoms with Crippen LogP contribution in [0.25, 0.3) is 0 Å². The van der Waals surface area contributed by atoms with Gasteiger partial charge in [-0.05, 0) is 65.9 Å². The minimum atomic E-state index is -0.339. The maximum atomic E-state index is 12.0. The first-order valence-electron chi connectivity index (χ1n) is 11.0. The van der Waals surface area contributed by atoms with E-state index in [-0.39, 0.29) is 12.5 Å². The van der Waals surface area contributed by atoms with Gasteiger partial charge >= 0.3 is 0 Å². The van der Waals surface area contributed by atoms with E-state index in [4.69, 9.17) is 14.2 Å². The molecule has 0 bridgehead atoms. The molecule has 3 rings (SSSR count). The summed E-state index contributed by atoms with van der Waals surface area (Å²) in [7, 11) is 1.59. The smallest absolute Gasteiger partial charge is 0.277 e. The Hall–Kier alpha value is -3.80. The highest BCUT2D eigenvalue weighted by molar-refractivity contribution is 5.83. The van der Waals surface area contributed by atoms with E-state index in [1.165, 1.54) is 11.1 Å². The SMILES string of the molecule is CCCc1ccc(OCC(=O)N/N=C/c2ccc(OCc3ccccc3C)c(OC)c2)cc1. The largest absolute Gasteiger partial charge is 0.493 e. The van der Waals surface area contributed by atoms with Crippen molar-refractivity contribution in [3.05, 3.63) is 89.0 Å². The Balaban J connectivity index is 1.49. The summed E-state index contributed by atoms with van der Waals surface area (Å²) in [6.45, 7) is 4.53. The van der Waals surface area contributed by atoms with Gasteiger partial charge in [0, 0.05) is 0 Å². The Morgan fingerprint density at radius 1 is 1.00 bits per heavy atom. The lowest BCUT2D eigenvalue weighted by molar-refractivity contribution is -0.123. The monoisotopic (exact) mass is 446 g/mol. The first-order valence-corrected chi connectivity index (χ1v) is 11.0. The minimum Gasteiger partial charge on any atom is -0.493 e. The number of rotatable bonds is 11. The van der Waals surface area contributed by atoms with E-state index >= 15 is 0 Å². The molecule has 0 saturated heterocycles. The van der Waals surface area contributed by atoms with Crippen molar-refractivity contribution < 1.29 is 19.0 Å². The van der Waals surface area contributed by atoms with Gasteiger partial charge in [-0.1, -0.05) is 49.7 Å². The van der Waals surface area contributed by atoms with Crippen LogP contribution in [0.4, 0.5) is 0 Å². The predicted molar refractivity (Wildman–Crippen MR) is 130 cm³/mol. The molecule has 6 nitrogen and oxygen atoms in total. The van der Waals surface area contributed by atoms with Crippen molar-refractivity contribution in [1.29, 1.82) is 0 Å². The molecule has 0 unspecified atom stereocenters. The highest BCUT2D eigenvalue weighted by atomic mass is 16.5. The van der Waals surface area contributed by atoms with E-state index in [2.05, 4.69) is 30.4 Å². The standard InChI is InChI=1S/C27H30N2O4/c1-4-7-21-10-13-24(14-11-21)32-19-27(30)29-28-17-22-12-15-25(26(16-22)31-3)33-18-23-9-6-5-8-20(23)2/h5-6,8-17H,4,7,18-19H2,1-3H3,(H,29,30)/b28-17+. The number of ether oxygens (including phenoxy) is 3. The van der Waals surface area contributed by atoms with Crippen LogP contribution in [0.5, 0.6) is 17.2 Å². The van der Waals surface area contributed by atoms with E-state index in [1.807, 2.05) is 54.6 Å². The van der Waals surface area contributed by atoms with Crippen LogP contribution < -0.4 is 19.6 Å². The summed E-state index contributed by atoms with van der Waals surface area (Å²) in [5.41, 5.74) is 6.78. The Labute approximate surface area is 195 Å². The molecule has 3 aromatic carbocycles. The molecule has 1 N–H and O–H groups in total. The number of methoxy groups -OCH3 is 1. The number of hydrazone groups is 1. The Bertz CT molecular complexity index is 1080. The summed E-state index contributed by atoms with van der Waals surface area (Å²) in [5.74, 6) is 1.54. The Morgan fingerprint density at radius 3 is 2.52 bits per heavy atom. The zero-order valence-electron chi connectivity index (χ0n) is 19.3. The number of nitrogens with zero attached hydrogens (tertiary/aromatic N) is 1. The van der Waals surface area contributed by atoms with E-state index in [0.29, 0.717) is 23.9 Å². The van der Waals surface area contributed by atoms with Crippen LogP contribution in [0.1, 0.15) is 35.6 Å². The second-order valence-electron chi connectivity index (χ2n) is 7.60. The Morgan fingerprint density at radius 2 is 1.79 bits per heavy atom. The van der Waals surface area contributed by atoms with E-state index < -0.39 is 0 Å². The molecule has 1 amide bonds. The van der Waals surface area contributed by atoms with Crippen LogP contribution in [-0.4, -0.2) is 25.8 Å². The maximum absolute atomic E-state index is 12.0. The summed E-state index contributed by atoms with van der Waals surface area (Å²) in [4.78, 5) is 12.0. The first-order chi connectivity index (χ1) is 16.1. The molecule has 0 heterocycles. The quantitative estimate of drug-likeness (QED) is 0.330. The van der Waals surface area contributed by atoms with Crippen LogP contribution in [0.2, 0.25) is 0 Å². The molecular formula is C27H30N2O4. The molecule has 0 saturated carbocycles. The zero-order chi connectivity index (χ0) is 23.5. The van der Waals surface area contributed by atoms with Gasteiger partial charge in [-0.25, -0.2) is 5.43 Å². The lowest BCUT2D eigenvalue weighted by atomic mass is 10.1. The number of aryl methyl sites for hydroxylation is 2. The van der Waals surface area contributed by atoms with Crippen molar-refractivity contribution >= 4 is 12.1 Å². The molecule has 0 fully saturated rings. The van der Waals surface area contributed by atoms with Crippen LogP contribution in [0.3, 0.4) is 0 Å². The van der Waals surface area contributed by atoms with Crippen LogP contribution in [0, 0.1) is 6.92 Å². The number of carbonyl (C=O) groups excluding carboxylic acids is 1. The molecule has 3 aromatic rings. The van der Waals surface area contributed by atoms with Crippen molar-refractivity contribution in [2.24, 2.45) is 5.10 Å². The molecule has 0 aliphatic carbocycles. The number of benzene rings is 3. The van der Waals surface area contributed by atoms with Crippen LogP contribution in [-0.2, 0) is 17.8 Å². The second-order valence-corrected chi connectivity index (χ2v) is 7.60. The average Bonchev–Trinajstić information content (AvgIpc) is 2.83. The van der Waals surface area contributed by atoms with Crippen molar-refractivity contribution in [2.45, 2.75) is 33.3 Å². The van der Waals surface area contributed by atoms with Crippen molar-refractivity contribution in [2.75, 3.05) is 13.7 Å². The fourth-order valence-corrected chi connectivity index (χ4v) is 3.21. The van der Waals surface area contributed by atoms with Crippen molar-refractivity contribution in [1.82, 2.24) is 5.43 Å². The molecule has 0 radical (unpaired) electrons. The fourth-order valence-electron chi connectivity index (χ4n) is 3.21. The number of hydrogen-bond donors (Lipinski definition) is 1. The first kappa shape index (κ1) is 23.9. The van der Waals surface area contributed by atoms with Gasteiger partial charge in [-0.2, -0.15) is 5.10 Å². The van der Waals surface area contributed by atoms with Gasteiger partial charge in [-0.15, -0.1) is 0 Å². The second kappa shape index (κ2) is 12.3. The third-order valence-electron chi connectivity index (χ3n) is 5.07. The average molecular weight is 447 g/mol. The molecule has 172 valence electrons. The summed E-state index contributed by atoms with van der Waals surface area (Å²) in [6, 6.07) is 21.3. The Kier molecular flexibility index (Phi) is 8.88. The maximum Gasteiger partial charge on any atom is 0.277 e. The van der Waals surface area contributed by atoms with Gasteiger partial charge in [0.05, 0.1) is 13.3 Å². The molecule has 0 aromatic heterocycles. The summed E-state index contributed by atoms with van der Waals surface area (Å²) in [6.07, 6.45) is 3.67. The third-order valence-corrected chi connectivity index (χ3v) is 5.07. The summed E-state index contributed by atoms with van der Waals surface area (Å²) >= 11 is 0. The number of nitrogens with one attached hydrogen (secondary N) is 1. The fraction of sp³-hybridized carbons (Fsp3) is 0.259. The summed E-state index contributed by atoms with van der Waals surface area (Å²) in [5, 5.41) is 4.00. The molecule has 0 aliphatic heterocycles. The number of carbonyl (C=O) groups is 1. The van der Waals surface area contributed by atoms with Crippen LogP contribution >= 0.6 is 0 Å². The topological polar surface area (TPSA) is 69.2 Å². The van der Waals surface area contributed by atoms with Gasteiger partial charge in [-0.3, -0.25) is 4.79 Å². The number of amides is 1. The van der Waals surface area contributed by atoms with Gasteiger partial charge in [0.1, 0.15) is 12.4 Å². The van der Waals surface area contributed by atoms with E-state index in [0.717, 1.165) is 24.0 Å².